The van der Waals surface area contributed by atoms with Crippen LogP contribution in [0.3, 0.4) is 0 Å². The maximum atomic E-state index is 11.1. The second-order valence-corrected chi connectivity index (χ2v) is 3.83. The highest BCUT2D eigenvalue weighted by Gasteiger charge is 2.33. The molecule has 1 rings (SSSR count). The second-order valence-electron chi connectivity index (χ2n) is 3.83. The maximum absolute atomic E-state index is 11.1. The zero-order valence-corrected chi connectivity index (χ0v) is 7.13. The third kappa shape index (κ3) is 1.52. The van der Waals surface area contributed by atoms with E-state index in [0.29, 0.717) is 6.42 Å². The molecule has 1 aliphatic carbocycles. The van der Waals surface area contributed by atoms with Gasteiger partial charge in [0.15, 0.2) is 11.5 Å². The van der Waals surface area contributed by atoms with Gasteiger partial charge in [0.1, 0.15) is 5.76 Å². The van der Waals surface area contributed by atoms with Gasteiger partial charge in [-0.2, -0.15) is 0 Å². The number of rotatable bonds is 1. The van der Waals surface area contributed by atoms with Crippen LogP contribution in [0.4, 0.5) is 0 Å². The average molecular weight is 169 g/mol. The fourth-order valence-electron chi connectivity index (χ4n) is 1.38. The van der Waals surface area contributed by atoms with Gasteiger partial charge in [-0.3, -0.25) is 4.79 Å². The van der Waals surface area contributed by atoms with Gasteiger partial charge in [0.25, 0.3) is 0 Å². The Kier molecular flexibility index (Phi) is 2.00. The number of Topliss-reactive ketones (excluding diaryl/α,β-unsaturated/α-hetero) is 1. The number of hydrogen-bond donors (Lipinski definition) is 1. The number of nitroso groups, excluding NO2 is 1. The molecule has 0 saturated carbocycles. The molecular weight excluding hydrogens is 158 g/mol. The average Bonchev–Trinajstić information content (AvgIpc) is 1.82. The van der Waals surface area contributed by atoms with E-state index in [1.165, 1.54) is 0 Å². The fraction of sp³-hybridized carbons (Fsp3) is 0.625. The van der Waals surface area contributed by atoms with Gasteiger partial charge in [0.2, 0.25) is 0 Å². The lowest BCUT2D eigenvalue weighted by Crippen LogP contribution is -2.24. The van der Waals surface area contributed by atoms with E-state index in [4.69, 9.17) is 0 Å². The van der Waals surface area contributed by atoms with E-state index in [2.05, 4.69) is 5.18 Å². The van der Waals surface area contributed by atoms with Crippen LogP contribution in [0.15, 0.2) is 16.6 Å². The van der Waals surface area contributed by atoms with Gasteiger partial charge in [-0.25, -0.2) is 0 Å². The zero-order chi connectivity index (χ0) is 9.35. The Morgan fingerprint density at radius 3 is 2.42 bits per heavy atom. The van der Waals surface area contributed by atoms with Crippen molar-refractivity contribution in [3.8, 4) is 0 Å². The molecule has 12 heavy (non-hydrogen) atoms. The summed E-state index contributed by atoms with van der Waals surface area (Å²) in [6.45, 7) is 3.73. The molecule has 0 spiro atoms. The van der Waals surface area contributed by atoms with Crippen LogP contribution in [0, 0.1) is 10.3 Å². The number of carbonyl (C=O) groups is 1. The first-order valence-corrected chi connectivity index (χ1v) is 3.75. The molecule has 0 atom stereocenters. The van der Waals surface area contributed by atoms with Gasteiger partial charge in [0.05, 0.1) is 0 Å². The first kappa shape index (κ1) is 8.90. The highest BCUT2D eigenvalue weighted by Crippen LogP contribution is 2.35. The van der Waals surface area contributed by atoms with Crippen molar-refractivity contribution < 1.29 is 9.90 Å². The minimum absolute atomic E-state index is 0.175. The molecule has 0 aromatic heterocycles. The quantitative estimate of drug-likeness (QED) is 0.609. The van der Waals surface area contributed by atoms with Crippen molar-refractivity contribution in [3.05, 3.63) is 16.4 Å². The Labute approximate surface area is 70.2 Å². The standard InChI is InChI=1S/C8H11NO3/c1-8(2)3-5(10)7(9-12)6(11)4-8/h10H,3-4H2,1-2H3. The van der Waals surface area contributed by atoms with E-state index in [-0.39, 0.29) is 29.1 Å². The monoisotopic (exact) mass is 169 g/mol. The Bertz CT molecular complexity index is 265. The van der Waals surface area contributed by atoms with Crippen molar-refractivity contribution >= 4 is 5.78 Å². The molecule has 4 heteroatoms. The Morgan fingerprint density at radius 1 is 1.42 bits per heavy atom. The van der Waals surface area contributed by atoms with E-state index >= 15 is 0 Å². The third-order valence-electron chi connectivity index (χ3n) is 1.91. The van der Waals surface area contributed by atoms with Gasteiger partial charge in [-0.15, -0.1) is 4.91 Å². The fourth-order valence-corrected chi connectivity index (χ4v) is 1.38. The first-order chi connectivity index (χ1) is 5.46. The molecule has 1 aliphatic rings. The molecule has 0 aromatic rings. The summed E-state index contributed by atoms with van der Waals surface area (Å²) in [5, 5.41) is 11.7. The summed E-state index contributed by atoms with van der Waals surface area (Å²) in [7, 11) is 0. The number of aliphatic hydroxyl groups is 1. The minimum Gasteiger partial charge on any atom is -0.510 e. The van der Waals surface area contributed by atoms with Gasteiger partial charge >= 0.3 is 0 Å². The highest BCUT2D eigenvalue weighted by molar-refractivity contribution is 5.96. The molecule has 1 N–H and O–H groups in total. The summed E-state index contributed by atoms with van der Waals surface area (Å²) in [5.41, 5.74) is -0.552. The van der Waals surface area contributed by atoms with Gasteiger partial charge in [-0.05, 0) is 10.6 Å². The lowest BCUT2D eigenvalue weighted by molar-refractivity contribution is -0.118. The number of allylic oxidation sites excluding steroid dienone is 2. The Morgan fingerprint density at radius 2 is 2.00 bits per heavy atom. The number of hydrogen-bond acceptors (Lipinski definition) is 4. The SMILES string of the molecule is CC1(C)CC(=O)C(N=O)=C(O)C1. The first-order valence-electron chi connectivity index (χ1n) is 3.75. The number of aliphatic hydroxyl groups excluding tert-OH is 1. The summed E-state index contributed by atoms with van der Waals surface area (Å²) in [6, 6.07) is 0. The lowest BCUT2D eigenvalue weighted by atomic mass is 9.78. The van der Waals surface area contributed by atoms with E-state index in [1.807, 2.05) is 13.8 Å². The van der Waals surface area contributed by atoms with Crippen molar-refractivity contribution in [3.63, 3.8) is 0 Å². The van der Waals surface area contributed by atoms with Crippen LogP contribution in [0.2, 0.25) is 0 Å². The Hall–Kier alpha value is -1.19. The van der Waals surface area contributed by atoms with Crippen LogP contribution < -0.4 is 0 Å². The molecular formula is C8H11NO3. The summed E-state index contributed by atoms with van der Waals surface area (Å²) in [4.78, 5) is 21.2. The van der Waals surface area contributed by atoms with Crippen molar-refractivity contribution in [1.29, 1.82) is 0 Å². The molecule has 0 fully saturated rings. The van der Waals surface area contributed by atoms with E-state index in [9.17, 15) is 14.8 Å². The molecule has 66 valence electrons. The topological polar surface area (TPSA) is 66.7 Å². The minimum atomic E-state index is -0.362. The third-order valence-corrected chi connectivity index (χ3v) is 1.91. The summed E-state index contributed by atoms with van der Waals surface area (Å²) in [6.07, 6.45) is 0.623. The molecule has 0 amide bonds. The second kappa shape index (κ2) is 2.69. The summed E-state index contributed by atoms with van der Waals surface area (Å²) in [5.74, 6) is -0.537. The molecule has 0 radical (unpaired) electrons. The molecule has 0 heterocycles. The van der Waals surface area contributed by atoms with Crippen molar-refractivity contribution in [1.82, 2.24) is 0 Å². The smallest absolute Gasteiger partial charge is 0.188 e. The largest absolute Gasteiger partial charge is 0.510 e. The molecule has 0 aromatic carbocycles. The van der Waals surface area contributed by atoms with E-state index in [0.717, 1.165) is 0 Å². The van der Waals surface area contributed by atoms with Crippen LogP contribution in [-0.4, -0.2) is 10.9 Å². The molecule has 0 unspecified atom stereocenters. The molecule has 4 nitrogen and oxygen atoms in total. The van der Waals surface area contributed by atoms with Crippen molar-refractivity contribution in [2.75, 3.05) is 0 Å². The number of carbonyl (C=O) groups excluding carboxylic acids is 1. The predicted octanol–water partition coefficient (Wildman–Crippen LogP) is 1.91. The van der Waals surface area contributed by atoms with Gasteiger partial charge < -0.3 is 5.11 Å². The van der Waals surface area contributed by atoms with E-state index in [1.54, 1.807) is 0 Å². The van der Waals surface area contributed by atoms with Crippen LogP contribution in [0.5, 0.6) is 0 Å². The lowest BCUT2D eigenvalue weighted by Gasteiger charge is -2.27. The number of ketones is 1. The summed E-state index contributed by atoms with van der Waals surface area (Å²) < 4.78 is 0. The predicted molar refractivity (Wildman–Crippen MR) is 43.5 cm³/mol. The maximum Gasteiger partial charge on any atom is 0.188 e. The Balaban J connectivity index is 3.02. The van der Waals surface area contributed by atoms with Gasteiger partial charge in [-0.1, -0.05) is 13.8 Å². The normalized spacial score (nSPS) is 22.7. The van der Waals surface area contributed by atoms with Crippen LogP contribution in [0.1, 0.15) is 26.7 Å². The van der Waals surface area contributed by atoms with Crippen LogP contribution in [-0.2, 0) is 4.79 Å². The van der Waals surface area contributed by atoms with Crippen LogP contribution >= 0.6 is 0 Å². The van der Waals surface area contributed by atoms with E-state index < -0.39 is 0 Å². The number of nitrogens with zero attached hydrogens (tertiary/aromatic N) is 1. The highest BCUT2D eigenvalue weighted by atomic mass is 16.3. The zero-order valence-electron chi connectivity index (χ0n) is 7.13. The molecule has 0 saturated heterocycles. The van der Waals surface area contributed by atoms with Crippen LogP contribution in [0.25, 0.3) is 0 Å². The molecule has 0 aliphatic heterocycles. The van der Waals surface area contributed by atoms with Crippen molar-refractivity contribution in [2.24, 2.45) is 10.6 Å². The molecule has 0 bridgehead atoms. The van der Waals surface area contributed by atoms with Crippen molar-refractivity contribution in [2.45, 2.75) is 26.7 Å². The van der Waals surface area contributed by atoms with Gasteiger partial charge in [0, 0.05) is 12.8 Å². The summed E-state index contributed by atoms with van der Waals surface area (Å²) >= 11 is 0.